The van der Waals surface area contributed by atoms with Crippen LogP contribution in [0.1, 0.15) is 31.4 Å². The van der Waals surface area contributed by atoms with Crippen molar-refractivity contribution in [2.45, 2.75) is 46.3 Å². The van der Waals surface area contributed by atoms with Crippen LogP contribution in [0.25, 0.3) is 0 Å². The molecular formula is C15H25NO2. The lowest BCUT2D eigenvalue weighted by Gasteiger charge is -2.25. The molecule has 0 fully saturated rings. The smallest absolute Gasteiger partial charge is 0.137 e. The Balaban J connectivity index is 2.76. The zero-order valence-corrected chi connectivity index (χ0v) is 11.8. The lowest BCUT2D eigenvalue weighted by atomic mass is 10.00. The van der Waals surface area contributed by atoms with E-state index in [2.05, 4.69) is 13.8 Å². The number of rotatable bonds is 6. The molecule has 0 aliphatic rings. The molecule has 0 amide bonds. The highest BCUT2D eigenvalue weighted by atomic mass is 16.5. The van der Waals surface area contributed by atoms with Gasteiger partial charge >= 0.3 is 0 Å². The van der Waals surface area contributed by atoms with Gasteiger partial charge in [0.05, 0.1) is 6.61 Å². The van der Waals surface area contributed by atoms with E-state index in [4.69, 9.17) is 10.5 Å². The Hall–Kier alpha value is -1.06. The molecule has 0 spiro atoms. The molecule has 1 rings (SSSR count). The molecule has 0 radical (unpaired) electrons. The maximum atomic E-state index is 9.43. The Morgan fingerprint density at radius 3 is 2.50 bits per heavy atom. The Morgan fingerprint density at radius 1 is 1.28 bits per heavy atom. The third kappa shape index (κ3) is 4.00. The molecule has 18 heavy (non-hydrogen) atoms. The van der Waals surface area contributed by atoms with Gasteiger partial charge in [0, 0.05) is 6.04 Å². The second-order valence-electron chi connectivity index (χ2n) is 5.33. The Labute approximate surface area is 110 Å². The van der Waals surface area contributed by atoms with Crippen LogP contribution in [0, 0.1) is 19.8 Å². The molecular weight excluding hydrogens is 226 g/mol. The monoisotopic (exact) mass is 251 g/mol. The zero-order chi connectivity index (χ0) is 13.7. The van der Waals surface area contributed by atoms with Gasteiger partial charge in [0.15, 0.2) is 0 Å². The number of nitrogens with two attached hydrogens (primary N) is 1. The average Bonchev–Trinajstić information content (AvgIpc) is 2.30. The fraction of sp³-hybridized carbons (Fsp3) is 0.600. The summed E-state index contributed by atoms with van der Waals surface area (Å²) in [6.45, 7) is 8.25. The number of aryl methyl sites for hydroxylation is 1. The van der Waals surface area contributed by atoms with E-state index in [0.717, 1.165) is 17.7 Å². The van der Waals surface area contributed by atoms with Crippen molar-refractivity contribution in [3.8, 4) is 5.75 Å². The summed E-state index contributed by atoms with van der Waals surface area (Å²) in [7, 11) is 0. The van der Waals surface area contributed by atoms with Crippen LogP contribution in [0.3, 0.4) is 0 Å². The lowest BCUT2D eigenvalue weighted by molar-refractivity contribution is 0.0875. The first-order chi connectivity index (χ1) is 8.45. The van der Waals surface area contributed by atoms with Crippen LogP contribution in [0.4, 0.5) is 0 Å². The fourth-order valence-electron chi connectivity index (χ4n) is 1.97. The molecule has 0 saturated carbocycles. The van der Waals surface area contributed by atoms with Crippen molar-refractivity contribution in [3.05, 3.63) is 29.3 Å². The highest BCUT2D eigenvalue weighted by molar-refractivity contribution is 5.38. The summed E-state index contributed by atoms with van der Waals surface area (Å²) < 4.78 is 5.86. The van der Waals surface area contributed by atoms with E-state index in [-0.39, 0.29) is 18.8 Å². The topological polar surface area (TPSA) is 55.5 Å². The zero-order valence-electron chi connectivity index (χ0n) is 11.8. The van der Waals surface area contributed by atoms with Gasteiger partial charge in [0.1, 0.15) is 11.9 Å². The van der Waals surface area contributed by atoms with Crippen LogP contribution in [-0.4, -0.2) is 23.9 Å². The van der Waals surface area contributed by atoms with Crippen molar-refractivity contribution in [1.82, 2.24) is 0 Å². The maximum absolute atomic E-state index is 9.43. The summed E-state index contributed by atoms with van der Waals surface area (Å²) in [4.78, 5) is 0. The number of aliphatic hydroxyl groups is 1. The summed E-state index contributed by atoms with van der Waals surface area (Å²) in [6.07, 6.45) is 0.503. The van der Waals surface area contributed by atoms with E-state index in [1.807, 2.05) is 32.0 Å². The van der Waals surface area contributed by atoms with Crippen LogP contribution in [0.5, 0.6) is 5.75 Å². The summed E-state index contributed by atoms with van der Waals surface area (Å²) in [5.74, 6) is 1.31. The Bertz CT molecular complexity index is 377. The van der Waals surface area contributed by atoms with E-state index < -0.39 is 0 Å². The molecule has 0 saturated heterocycles. The molecule has 2 unspecified atom stereocenters. The molecule has 3 nitrogen and oxygen atoms in total. The van der Waals surface area contributed by atoms with Gasteiger partial charge in [-0.25, -0.2) is 0 Å². The third-order valence-electron chi connectivity index (χ3n) is 3.23. The van der Waals surface area contributed by atoms with Crippen molar-refractivity contribution in [3.63, 3.8) is 0 Å². The van der Waals surface area contributed by atoms with Gasteiger partial charge in [-0.2, -0.15) is 0 Å². The number of benzene rings is 1. The second kappa shape index (κ2) is 6.76. The molecule has 1 aromatic carbocycles. The molecule has 0 aliphatic carbocycles. The SMILES string of the molecule is Cc1cccc(OC(CO)C(N)CC(C)C)c1C. The van der Waals surface area contributed by atoms with Gasteiger partial charge in [-0.05, 0) is 43.4 Å². The highest BCUT2D eigenvalue weighted by Gasteiger charge is 2.20. The Kier molecular flexibility index (Phi) is 5.63. The number of ether oxygens (including phenoxy) is 1. The van der Waals surface area contributed by atoms with Crippen LogP contribution in [0.15, 0.2) is 18.2 Å². The molecule has 0 heterocycles. The number of aliphatic hydroxyl groups excluding tert-OH is 1. The lowest BCUT2D eigenvalue weighted by Crippen LogP contribution is -2.42. The van der Waals surface area contributed by atoms with Crippen molar-refractivity contribution >= 4 is 0 Å². The molecule has 102 valence electrons. The van der Waals surface area contributed by atoms with Crippen molar-refractivity contribution in [2.75, 3.05) is 6.61 Å². The normalized spacial score (nSPS) is 14.6. The first-order valence-corrected chi connectivity index (χ1v) is 6.55. The minimum Gasteiger partial charge on any atom is -0.486 e. The van der Waals surface area contributed by atoms with Crippen molar-refractivity contribution in [1.29, 1.82) is 0 Å². The van der Waals surface area contributed by atoms with Gasteiger partial charge in [-0.1, -0.05) is 26.0 Å². The fourth-order valence-corrected chi connectivity index (χ4v) is 1.97. The van der Waals surface area contributed by atoms with Crippen LogP contribution < -0.4 is 10.5 Å². The predicted octanol–water partition coefficient (Wildman–Crippen LogP) is 2.42. The second-order valence-corrected chi connectivity index (χ2v) is 5.33. The minimum absolute atomic E-state index is 0.0543. The standard InChI is InChI=1S/C15H25NO2/c1-10(2)8-13(16)15(9-17)18-14-7-5-6-11(3)12(14)4/h5-7,10,13,15,17H,8-9,16H2,1-4H3. The molecule has 1 aromatic rings. The average molecular weight is 251 g/mol. The first kappa shape index (κ1) is 15.0. The van der Waals surface area contributed by atoms with Crippen LogP contribution >= 0.6 is 0 Å². The quantitative estimate of drug-likeness (QED) is 0.816. The first-order valence-electron chi connectivity index (χ1n) is 6.55. The number of hydrogen-bond acceptors (Lipinski definition) is 3. The van der Waals surface area contributed by atoms with Gasteiger partial charge in [0.2, 0.25) is 0 Å². The molecule has 0 aliphatic heterocycles. The molecule has 0 bridgehead atoms. The van der Waals surface area contributed by atoms with Crippen molar-refractivity contribution in [2.24, 2.45) is 11.7 Å². The van der Waals surface area contributed by atoms with E-state index in [9.17, 15) is 5.11 Å². The maximum Gasteiger partial charge on any atom is 0.137 e. The van der Waals surface area contributed by atoms with E-state index in [1.165, 1.54) is 5.56 Å². The van der Waals surface area contributed by atoms with Crippen molar-refractivity contribution < 1.29 is 9.84 Å². The summed E-state index contributed by atoms with van der Waals surface area (Å²) in [6, 6.07) is 5.78. The van der Waals surface area contributed by atoms with E-state index >= 15 is 0 Å². The van der Waals surface area contributed by atoms with Gasteiger partial charge < -0.3 is 15.6 Å². The largest absolute Gasteiger partial charge is 0.486 e. The van der Waals surface area contributed by atoms with E-state index in [1.54, 1.807) is 0 Å². The number of hydrogen-bond donors (Lipinski definition) is 2. The third-order valence-corrected chi connectivity index (χ3v) is 3.23. The molecule has 3 heteroatoms. The summed E-state index contributed by atoms with van der Waals surface area (Å²) in [5.41, 5.74) is 8.37. The molecule has 0 aromatic heterocycles. The highest BCUT2D eigenvalue weighted by Crippen LogP contribution is 2.23. The summed E-state index contributed by atoms with van der Waals surface area (Å²) >= 11 is 0. The van der Waals surface area contributed by atoms with Gasteiger partial charge in [0.25, 0.3) is 0 Å². The van der Waals surface area contributed by atoms with Crippen LogP contribution in [-0.2, 0) is 0 Å². The van der Waals surface area contributed by atoms with E-state index in [0.29, 0.717) is 5.92 Å². The predicted molar refractivity (Wildman–Crippen MR) is 74.8 cm³/mol. The van der Waals surface area contributed by atoms with Gasteiger partial charge in [-0.3, -0.25) is 0 Å². The van der Waals surface area contributed by atoms with Crippen LogP contribution in [0.2, 0.25) is 0 Å². The summed E-state index contributed by atoms with van der Waals surface area (Å²) in [5, 5.41) is 9.43. The molecule has 2 atom stereocenters. The minimum atomic E-state index is -0.340. The molecule has 3 N–H and O–H groups in total. The van der Waals surface area contributed by atoms with Gasteiger partial charge in [-0.15, -0.1) is 0 Å². The Morgan fingerprint density at radius 2 is 1.94 bits per heavy atom.